The van der Waals surface area contributed by atoms with Gasteiger partial charge in [0, 0.05) is 57.1 Å². The molecule has 0 N–H and O–H groups in total. The molecule has 0 saturated carbocycles. The lowest BCUT2D eigenvalue weighted by Gasteiger charge is -2.28. The Balaban J connectivity index is 1.38. The zero-order valence-electron chi connectivity index (χ0n) is 22.0. The Bertz CT molecular complexity index is 2330. The maximum Gasteiger partial charge on any atom is 0.0546 e. The van der Waals surface area contributed by atoms with Crippen molar-refractivity contribution in [2.24, 2.45) is 0 Å². The summed E-state index contributed by atoms with van der Waals surface area (Å²) < 4.78 is 5.29. The first-order chi connectivity index (χ1) is 20.3. The van der Waals surface area contributed by atoms with E-state index in [0.717, 1.165) is 0 Å². The minimum absolute atomic E-state index is 1.17. The molecule has 2 aromatic heterocycles. The summed E-state index contributed by atoms with van der Waals surface area (Å²) in [5.74, 6) is 0. The first-order valence-corrected chi connectivity index (χ1v) is 15.5. The molecular weight excluding hydrogens is 535 g/mol. The van der Waals surface area contributed by atoms with Gasteiger partial charge in [-0.25, -0.2) is 0 Å². The van der Waals surface area contributed by atoms with E-state index in [0.29, 0.717) is 0 Å². The van der Waals surface area contributed by atoms with Gasteiger partial charge in [-0.1, -0.05) is 84.9 Å². The summed E-state index contributed by atoms with van der Waals surface area (Å²) in [6, 6.07) is 51.4. The van der Waals surface area contributed by atoms with E-state index in [9.17, 15) is 0 Å². The fraction of sp³-hybridized carbons (Fsp3) is 0. The van der Waals surface area contributed by atoms with Gasteiger partial charge in [0.25, 0.3) is 0 Å². The highest BCUT2D eigenvalue weighted by Crippen LogP contribution is 2.46. The molecule has 9 aromatic rings. The van der Waals surface area contributed by atoms with Crippen LogP contribution in [-0.2, 0) is 0 Å². The van der Waals surface area contributed by atoms with Crippen LogP contribution in [0.2, 0.25) is 0 Å². The first kappa shape index (κ1) is 23.0. The lowest BCUT2D eigenvalue weighted by Crippen LogP contribution is -2.10. The van der Waals surface area contributed by atoms with Crippen LogP contribution in [0, 0.1) is 0 Å². The zero-order chi connectivity index (χ0) is 26.9. The second-order valence-corrected chi connectivity index (χ2v) is 12.7. The van der Waals surface area contributed by atoms with Gasteiger partial charge in [-0.15, -0.1) is 22.7 Å². The van der Waals surface area contributed by atoms with Crippen LogP contribution >= 0.6 is 22.7 Å². The molecule has 0 atom stereocenters. The third kappa shape index (κ3) is 3.53. The van der Waals surface area contributed by atoms with E-state index in [1.165, 1.54) is 79.0 Å². The van der Waals surface area contributed by atoms with Gasteiger partial charge >= 0.3 is 0 Å². The molecule has 41 heavy (non-hydrogen) atoms. The Morgan fingerprint density at radius 1 is 0.341 bits per heavy atom. The van der Waals surface area contributed by atoms with Crippen molar-refractivity contribution in [2.75, 3.05) is 4.90 Å². The Kier molecular flexibility index (Phi) is 5.00. The second-order valence-electron chi connectivity index (χ2n) is 10.6. The van der Waals surface area contributed by atoms with E-state index >= 15 is 0 Å². The van der Waals surface area contributed by atoms with Crippen molar-refractivity contribution in [1.29, 1.82) is 0 Å². The van der Waals surface area contributed by atoms with Gasteiger partial charge in [0.15, 0.2) is 0 Å². The molecule has 192 valence electrons. The van der Waals surface area contributed by atoms with Gasteiger partial charge in [0.2, 0.25) is 0 Å². The molecular formula is C38H23NS2. The summed E-state index contributed by atoms with van der Waals surface area (Å²) >= 11 is 3.73. The molecule has 7 aromatic carbocycles. The van der Waals surface area contributed by atoms with Gasteiger partial charge in [0.1, 0.15) is 0 Å². The summed E-state index contributed by atoms with van der Waals surface area (Å²) in [6.45, 7) is 0. The fourth-order valence-corrected chi connectivity index (χ4v) is 8.53. The van der Waals surface area contributed by atoms with Crippen molar-refractivity contribution in [3.8, 4) is 0 Å². The van der Waals surface area contributed by atoms with E-state index in [1.807, 2.05) is 22.7 Å². The zero-order valence-corrected chi connectivity index (χ0v) is 23.7. The van der Waals surface area contributed by atoms with Crippen LogP contribution in [0.4, 0.5) is 17.1 Å². The molecule has 0 amide bonds. The van der Waals surface area contributed by atoms with Gasteiger partial charge in [-0.2, -0.15) is 0 Å². The van der Waals surface area contributed by atoms with Crippen LogP contribution in [0.3, 0.4) is 0 Å². The summed E-state index contributed by atoms with van der Waals surface area (Å²) in [4.78, 5) is 2.46. The largest absolute Gasteiger partial charge is 0.310 e. The summed E-state index contributed by atoms with van der Waals surface area (Å²) in [5.41, 5.74) is 3.53. The van der Waals surface area contributed by atoms with E-state index in [4.69, 9.17) is 0 Å². The van der Waals surface area contributed by atoms with Gasteiger partial charge in [0.05, 0.1) is 5.69 Å². The van der Waals surface area contributed by atoms with Crippen LogP contribution in [0.25, 0.3) is 61.9 Å². The molecule has 0 radical (unpaired) electrons. The Hall–Kier alpha value is -4.70. The number of benzene rings is 7. The summed E-state index contributed by atoms with van der Waals surface area (Å²) in [6.07, 6.45) is 0. The van der Waals surface area contributed by atoms with Crippen molar-refractivity contribution < 1.29 is 0 Å². The molecule has 0 aliphatic rings. The molecule has 0 saturated heterocycles. The average molecular weight is 558 g/mol. The van der Waals surface area contributed by atoms with Crippen LogP contribution in [-0.4, -0.2) is 0 Å². The van der Waals surface area contributed by atoms with E-state index < -0.39 is 0 Å². The molecule has 0 unspecified atom stereocenters. The van der Waals surface area contributed by atoms with Gasteiger partial charge in [-0.05, 0) is 70.8 Å². The molecule has 0 aliphatic heterocycles. The van der Waals surface area contributed by atoms with Gasteiger partial charge in [-0.3, -0.25) is 0 Å². The van der Waals surface area contributed by atoms with E-state index in [1.54, 1.807) is 0 Å². The van der Waals surface area contributed by atoms with Gasteiger partial charge < -0.3 is 4.90 Å². The normalized spacial score (nSPS) is 11.9. The van der Waals surface area contributed by atoms with Crippen LogP contribution in [0.15, 0.2) is 140 Å². The minimum Gasteiger partial charge on any atom is -0.310 e. The molecule has 0 bridgehead atoms. The lowest BCUT2D eigenvalue weighted by atomic mass is 9.98. The minimum atomic E-state index is 1.17. The number of rotatable bonds is 3. The molecule has 0 aliphatic carbocycles. The molecule has 1 nitrogen and oxygen atoms in total. The summed E-state index contributed by atoms with van der Waals surface area (Å²) in [7, 11) is 0. The van der Waals surface area contributed by atoms with E-state index in [-0.39, 0.29) is 0 Å². The number of hydrogen-bond donors (Lipinski definition) is 0. The molecule has 0 spiro atoms. The van der Waals surface area contributed by atoms with Crippen LogP contribution < -0.4 is 4.90 Å². The number of thiophene rings is 2. The predicted octanol–water partition coefficient (Wildman–Crippen LogP) is 12.2. The maximum absolute atomic E-state index is 2.46. The number of anilines is 3. The van der Waals surface area contributed by atoms with Crippen molar-refractivity contribution in [2.45, 2.75) is 0 Å². The monoisotopic (exact) mass is 557 g/mol. The highest BCUT2D eigenvalue weighted by atomic mass is 32.1. The van der Waals surface area contributed by atoms with Crippen LogP contribution in [0.5, 0.6) is 0 Å². The number of fused-ring (bicyclic) bond motifs is 9. The first-order valence-electron chi connectivity index (χ1n) is 13.9. The highest BCUT2D eigenvalue weighted by molar-refractivity contribution is 7.26. The third-order valence-electron chi connectivity index (χ3n) is 8.22. The fourth-order valence-electron chi connectivity index (χ4n) is 6.35. The van der Waals surface area contributed by atoms with Crippen LogP contribution in [0.1, 0.15) is 0 Å². The topological polar surface area (TPSA) is 3.24 Å². The molecule has 0 fully saturated rings. The van der Waals surface area contributed by atoms with Crippen molar-refractivity contribution >= 4 is 102 Å². The molecule has 2 heterocycles. The Morgan fingerprint density at radius 3 is 1.41 bits per heavy atom. The number of nitrogens with zero attached hydrogens (tertiary/aromatic N) is 1. The maximum atomic E-state index is 2.46. The standard InChI is InChI=1S/C38H23NS2/c1-2-10-27-24(9-1)21-34(29-12-4-3-11-28(27)29)39(25-17-19-37-32(22-25)30-13-5-7-15-35(30)40-37)26-18-20-38-33(23-26)31-14-6-8-16-36(31)41-38/h1-23H. The molecule has 9 rings (SSSR count). The average Bonchev–Trinajstić information content (AvgIpc) is 3.59. The summed E-state index contributed by atoms with van der Waals surface area (Å²) in [5, 5.41) is 10.3. The van der Waals surface area contributed by atoms with Crippen molar-refractivity contribution in [3.05, 3.63) is 140 Å². The quantitative estimate of drug-likeness (QED) is 0.195. The predicted molar refractivity (Wildman–Crippen MR) is 182 cm³/mol. The highest BCUT2D eigenvalue weighted by Gasteiger charge is 2.19. The second kappa shape index (κ2) is 8.90. The van der Waals surface area contributed by atoms with Crippen molar-refractivity contribution in [1.82, 2.24) is 0 Å². The SMILES string of the molecule is c1ccc2c(c1)cc(N(c1ccc3sc4ccccc4c3c1)c1ccc3sc4ccccc4c3c1)c1ccccc12. The molecule has 3 heteroatoms. The smallest absolute Gasteiger partial charge is 0.0546 e. The van der Waals surface area contributed by atoms with E-state index in [2.05, 4.69) is 144 Å². The third-order valence-corrected chi connectivity index (χ3v) is 10.5. The Morgan fingerprint density at radius 2 is 0.805 bits per heavy atom. The number of hydrogen-bond acceptors (Lipinski definition) is 3. The van der Waals surface area contributed by atoms with Crippen molar-refractivity contribution in [3.63, 3.8) is 0 Å². The Labute approximate surface area is 245 Å². The lowest BCUT2D eigenvalue weighted by molar-refractivity contribution is 1.32.